The number of hydrogen-bond acceptors (Lipinski definition) is 3. The van der Waals surface area contributed by atoms with Crippen molar-refractivity contribution in [3.05, 3.63) is 64.7 Å². The van der Waals surface area contributed by atoms with Crippen molar-refractivity contribution in [1.82, 2.24) is 4.98 Å². The minimum Gasteiger partial charge on any atom is -0.387 e. The third kappa shape index (κ3) is 5.23. The smallest absolute Gasteiger partial charge is 0.387 e. The lowest BCUT2D eigenvalue weighted by Crippen LogP contribution is -2.37. The van der Waals surface area contributed by atoms with Gasteiger partial charge in [0, 0.05) is 12.6 Å². The number of nitrogens with zero attached hydrogens (tertiary/aromatic N) is 2. The molecule has 162 valence electrons. The number of pyridine rings is 1. The number of unbranched alkanes of at least 4 members (excludes halogenated alkanes) is 2. The fraction of sp³-hybridized carbons (Fsp3) is 0.409. The first-order valence-corrected chi connectivity index (χ1v) is 9.67. The van der Waals surface area contributed by atoms with Gasteiger partial charge in [0.2, 0.25) is 0 Å². The second-order valence-electron chi connectivity index (χ2n) is 7.27. The number of carbonyl (C=O) groups is 1. The van der Waals surface area contributed by atoms with Gasteiger partial charge in [-0.3, -0.25) is 9.78 Å². The predicted octanol–water partition coefficient (Wildman–Crippen LogP) is 5.32. The number of alkyl halides is 3. The van der Waals surface area contributed by atoms with Crippen LogP contribution in [-0.4, -0.2) is 16.6 Å². The van der Waals surface area contributed by atoms with Crippen LogP contribution in [-0.2, 0) is 16.5 Å². The quantitative estimate of drug-likeness (QED) is 0.270. The fourth-order valence-corrected chi connectivity index (χ4v) is 3.36. The van der Waals surface area contributed by atoms with E-state index in [-0.39, 0.29) is 17.0 Å². The van der Waals surface area contributed by atoms with Crippen molar-refractivity contribution in [2.75, 3.05) is 0 Å². The summed E-state index contributed by atoms with van der Waals surface area (Å²) in [6.07, 6.45) is -0.846. The van der Waals surface area contributed by atoms with Crippen LogP contribution in [0.25, 0.3) is 0 Å². The molecular weight excluding hydrogens is 398 g/mol. The molecule has 2 rings (SSSR count). The average Bonchev–Trinajstić information content (AvgIpc) is 2.64. The minimum atomic E-state index is -4.72. The van der Waals surface area contributed by atoms with Gasteiger partial charge in [0.1, 0.15) is 11.5 Å². The number of halogens is 4. The van der Waals surface area contributed by atoms with Gasteiger partial charge in [-0.25, -0.2) is 9.38 Å². The largest absolute Gasteiger partial charge is 0.433 e. The molecule has 0 saturated carbocycles. The molecule has 2 aromatic rings. The molecule has 0 spiro atoms. The number of Topliss-reactive ketones (excluding diaryl/α,β-unsaturated/α-hetero) is 1. The Bertz CT molecular complexity index is 920. The van der Waals surface area contributed by atoms with E-state index in [0.717, 1.165) is 31.2 Å². The van der Waals surface area contributed by atoms with Gasteiger partial charge in [0.05, 0.1) is 5.84 Å². The van der Waals surface area contributed by atoms with Gasteiger partial charge in [-0.15, -0.1) is 0 Å². The van der Waals surface area contributed by atoms with Crippen molar-refractivity contribution in [2.45, 2.75) is 58.2 Å². The van der Waals surface area contributed by atoms with Crippen LogP contribution in [0.2, 0.25) is 0 Å². The third-order valence-corrected chi connectivity index (χ3v) is 4.79. The van der Waals surface area contributed by atoms with Crippen LogP contribution in [0.5, 0.6) is 0 Å². The highest BCUT2D eigenvalue weighted by atomic mass is 19.4. The predicted molar refractivity (Wildman–Crippen MR) is 108 cm³/mol. The van der Waals surface area contributed by atoms with Crippen LogP contribution in [0.4, 0.5) is 17.6 Å². The lowest BCUT2D eigenvalue weighted by atomic mass is 9.79. The van der Waals surface area contributed by atoms with Gasteiger partial charge in [-0.1, -0.05) is 25.8 Å². The lowest BCUT2D eigenvalue weighted by molar-refractivity contribution is -0.141. The number of rotatable bonds is 8. The van der Waals surface area contributed by atoms with Crippen LogP contribution in [0, 0.1) is 12.7 Å². The number of amidine groups is 1. The highest BCUT2D eigenvalue weighted by molar-refractivity contribution is 5.95. The molecule has 8 heteroatoms. The summed E-state index contributed by atoms with van der Waals surface area (Å²) in [6, 6.07) is 5.94. The zero-order valence-electron chi connectivity index (χ0n) is 17.2. The molecule has 1 unspecified atom stereocenters. The van der Waals surface area contributed by atoms with Gasteiger partial charge < -0.3 is 5.73 Å². The maximum absolute atomic E-state index is 14.2. The number of benzene rings is 1. The van der Waals surface area contributed by atoms with E-state index in [9.17, 15) is 22.4 Å². The number of ketones is 1. The summed E-state index contributed by atoms with van der Waals surface area (Å²) in [5, 5.41) is 0. The lowest BCUT2D eigenvalue weighted by Gasteiger charge is -2.30. The first-order valence-electron chi connectivity index (χ1n) is 9.67. The molecule has 0 aliphatic heterocycles. The van der Waals surface area contributed by atoms with E-state index < -0.39 is 29.0 Å². The Morgan fingerprint density at radius 2 is 1.83 bits per heavy atom. The summed E-state index contributed by atoms with van der Waals surface area (Å²) in [5.41, 5.74) is 3.55. The molecule has 0 aliphatic rings. The van der Waals surface area contributed by atoms with Crippen LogP contribution < -0.4 is 5.73 Å². The van der Waals surface area contributed by atoms with Crippen LogP contribution >= 0.6 is 0 Å². The maximum Gasteiger partial charge on any atom is 0.433 e. The molecule has 2 N–H and O–H groups in total. The third-order valence-electron chi connectivity index (χ3n) is 4.79. The van der Waals surface area contributed by atoms with Crippen molar-refractivity contribution in [2.24, 2.45) is 10.7 Å². The molecule has 1 aromatic carbocycles. The highest BCUT2D eigenvalue weighted by Crippen LogP contribution is 2.38. The number of hydrogen-bond donors (Lipinski definition) is 1. The number of carbonyl (C=O) groups excluding carboxylic acids is 1. The topological polar surface area (TPSA) is 68.3 Å². The van der Waals surface area contributed by atoms with E-state index in [0.29, 0.717) is 18.4 Å². The number of aryl methyl sites for hydroxylation is 1. The Labute approximate surface area is 173 Å². The first-order chi connectivity index (χ1) is 14.0. The first kappa shape index (κ1) is 23.5. The minimum absolute atomic E-state index is 0.0687. The molecule has 30 heavy (non-hydrogen) atoms. The van der Waals surface area contributed by atoms with Gasteiger partial charge in [0.15, 0.2) is 11.3 Å². The Morgan fingerprint density at radius 1 is 1.13 bits per heavy atom. The molecule has 0 saturated heterocycles. The molecular formula is C22H25F4N3O. The van der Waals surface area contributed by atoms with Crippen LogP contribution in [0.3, 0.4) is 0 Å². The van der Waals surface area contributed by atoms with Crippen LogP contribution in [0.15, 0.2) is 41.5 Å². The maximum atomic E-state index is 14.2. The molecule has 1 atom stereocenters. The Morgan fingerprint density at radius 3 is 2.40 bits per heavy atom. The Balaban J connectivity index is 2.79. The highest BCUT2D eigenvalue weighted by Gasteiger charge is 2.42. The van der Waals surface area contributed by atoms with Crippen LogP contribution in [0.1, 0.15) is 61.9 Å². The molecule has 4 nitrogen and oxygen atoms in total. The molecule has 0 aliphatic carbocycles. The van der Waals surface area contributed by atoms with E-state index in [2.05, 4.69) is 9.98 Å². The SMILES string of the molecule is CCCCC/C(N)=N\C(C(C)=O)(c1cc(C)cc(F)c1)c1ccnc(C(F)(F)F)c1. The van der Waals surface area contributed by atoms with Gasteiger partial charge in [-0.05, 0) is 61.2 Å². The Kier molecular flexibility index (Phi) is 7.34. The summed E-state index contributed by atoms with van der Waals surface area (Å²) < 4.78 is 54.1. The molecule has 1 aromatic heterocycles. The summed E-state index contributed by atoms with van der Waals surface area (Å²) in [7, 11) is 0. The molecule has 0 fully saturated rings. The van der Waals surface area contributed by atoms with E-state index in [1.807, 2.05) is 6.92 Å². The fourth-order valence-electron chi connectivity index (χ4n) is 3.36. The van der Waals surface area contributed by atoms with E-state index in [1.165, 1.54) is 25.1 Å². The second-order valence-corrected chi connectivity index (χ2v) is 7.27. The molecule has 0 amide bonds. The van der Waals surface area contributed by atoms with Crippen molar-refractivity contribution in [3.63, 3.8) is 0 Å². The summed E-state index contributed by atoms with van der Waals surface area (Å²) in [5.74, 6) is -1.09. The standard InChI is InChI=1S/C22H25F4N3O/c1-4-5-6-7-20(27)29-21(15(3)30,17-10-14(2)11-18(23)12-17)16-8-9-28-19(13-16)22(24,25)26/h8-13H,4-7H2,1-3H3,(H2,27,29). The normalized spacial score (nSPS) is 14.4. The van der Waals surface area contributed by atoms with Crippen molar-refractivity contribution in [1.29, 1.82) is 0 Å². The Hall–Kier alpha value is -2.77. The molecule has 0 radical (unpaired) electrons. The zero-order chi connectivity index (χ0) is 22.5. The van der Waals surface area contributed by atoms with Gasteiger partial charge in [0.25, 0.3) is 0 Å². The van der Waals surface area contributed by atoms with E-state index >= 15 is 0 Å². The van der Waals surface area contributed by atoms with Gasteiger partial charge >= 0.3 is 6.18 Å². The van der Waals surface area contributed by atoms with Crippen molar-refractivity contribution < 1.29 is 22.4 Å². The monoisotopic (exact) mass is 423 g/mol. The summed E-state index contributed by atoms with van der Waals surface area (Å²) in [4.78, 5) is 20.7. The summed E-state index contributed by atoms with van der Waals surface area (Å²) >= 11 is 0. The zero-order valence-corrected chi connectivity index (χ0v) is 17.2. The van der Waals surface area contributed by atoms with Crippen molar-refractivity contribution >= 4 is 11.6 Å². The average molecular weight is 423 g/mol. The number of nitrogens with two attached hydrogens (primary N) is 1. The van der Waals surface area contributed by atoms with E-state index in [1.54, 1.807) is 6.92 Å². The number of aromatic nitrogens is 1. The molecule has 1 heterocycles. The second kappa shape index (κ2) is 9.36. The van der Waals surface area contributed by atoms with Gasteiger partial charge in [-0.2, -0.15) is 13.2 Å². The molecule has 0 bridgehead atoms. The summed E-state index contributed by atoms with van der Waals surface area (Å²) in [6.45, 7) is 4.84. The number of aliphatic imine (C=N–C) groups is 1. The van der Waals surface area contributed by atoms with E-state index in [4.69, 9.17) is 5.73 Å². The van der Waals surface area contributed by atoms with Crippen molar-refractivity contribution in [3.8, 4) is 0 Å².